The molecule has 0 saturated heterocycles. The molecule has 3 rings (SSSR count). The van der Waals surface area contributed by atoms with Crippen LogP contribution in [0, 0.1) is 12.7 Å². The van der Waals surface area contributed by atoms with Crippen LogP contribution in [-0.4, -0.2) is 22.0 Å². The molecule has 0 saturated carbocycles. The lowest BCUT2D eigenvalue weighted by atomic mass is 9.74. The third-order valence-electron chi connectivity index (χ3n) is 5.13. The minimum absolute atomic E-state index is 0.181. The second-order valence-corrected chi connectivity index (χ2v) is 8.89. The Morgan fingerprint density at radius 3 is 2.52 bits per heavy atom. The van der Waals surface area contributed by atoms with Crippen molar-refractivity contribution in [2.75, 3.05) is 0 Å². The molecule has 1 aromatic carbocycles. The summed E-state index contributed by atoms with van der Waals surface area (Å²) in [7, 11) is 0. The summed E-state index contributed by atoms with van der Waals surface area (Å²) in [5, 5.41) is 14.5. The summed E-state index contributed by atoms with van der Waals surface area (Å²) in [4.78, 5) is 4.91. The first-order valence-electron chi connectivity index (χ1n) is 9.04. The van der Waals surface area contributed by atoms with Crippen LogP contribution in [0.4, 0.5) is 17.6 Å². The number of halogens is 4. The largest absolute Gasteiger partial charge is 0.398 e. The van der Waals surface area contributed by atoms with Crippen LogP contribution in [0.25, 0.3) is 10.1 Å². The number of thiophene rings is 1. The van der Waals surface area contributed by atoms with Crippen molar-refractivity contribution in [3.8, 4) is 0 Å². The molecule has 3 nitrogen and oxygen atoms in total. The van der Waals surface area contributed by atoms with E-state index in [1.165, 1.54) is 31.3 Å². The van der Waals surface area contributed by atoms with Crippen molar-refractivity contribution >= 4 is 21.4 Å². The third kappa shape index (κ3) is 4.60. The van der Waals surface area contributed by atoms with Gasteiger partial charge in [0.25, 0.3) is 0 Å². The smallest absolute Gasteiger partial charge is 0.376 e. The molecule has 3 aromatic rings. The molecular weight excluding hydrogens is 404 g/mol. The van der Waals surface area contributed by atoms with Gasteiger partial charge in [-0.25, -0.2) is 4.39 Å². The Morgan fingerprint density at radius 1 is 1.14 bits per heavy atom. The molecule has 0 aliphatic heterocycles. The number of pyridine rings is 1. The van der Waals surface area contributed by atoms with Gasteiger partial charge in [0.05, 0.1) is 5.41 Å². The summed E-state index contributed by atoms with van der Waals surface area (Å²) in [5.74, 6) is -0.743. The summed E-state index contributed by atoms with van der Waals surface area (Å²) >= 11 is 1.48. The monoisotopic (exact) mass is 426 g/mol. The quantitative estimate of drug-likeness (QED) is 0.407. The van der Waals surface area contributed by atoms with Crippen molar-refractivity contribution in [2.24, 2.45) is 0 Å². The Morgan fingerprint density at radius 2 is 1.86 bits per heavy atom. The first-order valence-corrected chi connectivity index (χ1v) is 9.86. The minimum atomic E-state index is -4.68. The van der Waals surface area contributed by atoms with E-state index in [-0.39, 0.29) is 12.1 Å². The second kappa shape index (κ2) is 7.66. The molecule has 2 heterocycles. The zero-order chi connectivity index (χ0) is 21.4. The summed E-state index contributed by atoms with van der Waals surface area (Å²) in [6.45, 7) is 4.01. The molecule has 2 N–H and O–H groups in total. The van der Waals surface area contributed by atoms with Crippen LogP contribution in [0.2, 0.25) is 0 Å². The summed E-state index contributed by atoms with van der Waals surface area (Å²) in [6, 6.07) is 7.09. The third-order valence-corrected chi connectivity index (χ3v) is 6.24. The first-order chi connectivity index (χ1) is 13.4. The predicted octanol–water partition coefficient (Wildman–Crippen LogP) is 5.45. The SMILES string of the molecule is Cc1ccc(F)cc1C(C)(CC(C)(O)NCc1cc2cnccc2s1)C(F)(F)F. The molecule has 0 spiro atoms. The molecule has 2 aromatic heterocycles. The topological polar surface area (TPSA) is 45.1 Å². The lowest BCUT2D eigenvalue weighted by Crippen LogP contribution is -2.52. The van der Waals surface area contributed by atoms with Gasteiger partial charge in [0.15, 0.2) is 0 Å². The highest BCUT2D eigenvalue weighted by molar-refractivity contribution is 7.19. The van der Waals surface area contributed by atoms with Crippen molar-refractivity contribution < 1.29 is 22.7 Å². The molecule has 29 heavy (non-hydrogen) atoms. The van der Waals surface area contributed by atoms with E-state index in [9.17, 15) is 22.7 Å². The standard InChI is InChI=1S/C21H22F4N2OS/c1-13-4-5-15(22)9-17(13)19(2,21(23,24)25)12-20(3,28)27-11-16-8-14-10-26-7-6-18(14)29-16/h4-10,27-28H,11-12H2,1-3H3. The van der Waals surface area contributed by atoms with E-state index in [2.05, 4.69) is 10.3 Å². The lowest BCUT2D eigenvalue weighted by Gasteiger charge is -2.39. The fourth-order valence-corrected chi connectivity index (χ4v) is 4.56. The van der Waals surface area contributed by atoms with Crippen LogP contribution in [0.15, 0.2) is 42.7 Å². The van der Waals surface area contributed by atoms with Gasteiger partial charge in [-0.1, -0.05) is 6.07 Å². The number of alkyl halides is 3. The molecular formula is C21H22F4N2OS. The number of nitrogens with one attached hydrogen (secondary N) is 1. The molecule has 156 valence electrons. The van der Waals surface area contributed by atoms with Crippen molar-refractivity contribution in [1.82, 2.24) is 10.3 Å². The molecule has 0 aliphatic rings. The van der Waals surface area contributed by atoms with Gasteiger partial charge < -0.3 is 5.11 Å². The summed E-state index contributed by atoms with van der Waals surface area (Å²) < 4.78 is 56.9. The summed E-state index contributed by atoms with van der Waals surface area (Å²) in [5.41, 5.74) is -4.13. The average Bonchev–Trinajstić information content (AvgIpc) is 3.04. The van der Waals surface area contributed by atoms with Gasteiger partial charge in [-0.15, -0.1) is 11.3 Å². The van der Waals surface area contributed by atoms with Crippen LogP contribution in [0.3, 0.4) is 0 Å². The van der Waals surface area contributed by atoms with Gasteiger partial charge in [-0.3, -0.25) is 10.3 Å². The summed E-state index contributed by atoms with van der Waals surface area (Å²) in [6.07, 6.45) is -1.97. The lowest BCUT2D eigenvalue weighted by molar-refractivity contribution is -0.202. The number of aliphatic hydroxyl groups is 1. The zero-order valence-corrected chi connectivity index (χ0v) is 17.1. The number of rotatable bonds is 6. The average molecular weight is 426 g/mol. The fourth-order valence-electron chi connectivity index (χ4n) is 3.59. The van der Waals surface area contributed by atoms with Crippen LogP contribution >= 0.6 is 11.3 Å². The van der Waals surface area contributed by atoms with Crippen molar-refractivity contribution in [1.29, 1.82) is 0 Å². The Bertz CT molecular complexity index is 982. The number of benzene rings is 1. The minimum Gasteiger partial charge on any atom is -0.376 e. The maximum atomic E-state index is 14.1. The first kappa shape index (κ1) is 21.7. The van der Waals surface area contributed by atoms with Crippen LogP contribution < -0.4 is 5.32 Å². The molecule has 0 amide bonds. The van der Waals surface area contributed by atoms with E-state index in [0.29, 0.717) is 5.56 Å². The number of hydrogen-bond donors (Lipinski definition) is 2. The maximum absolute atomic E-state index is 14.1. The van der Waals surface area contributed by atoms with E-state index in [1.54, 1.807) is 12.4 Å². The molecule has 0 radical (unpaired) electrons. The van der Waals surface area contributed by atoms with E-state index >= 15 is 0 Å². The zero-order valence-electron chi connectivity index (χ0n) is 16.3. The van der Waals surface area contributed by atoms with Crippen molar-refractivity contribution in [3.05, 3.63) is 64.5 Å². The Labute approximate surface area is 170 Å². The van der Waals surface area contributed by atoms with Gasteiger partial charge >= 0.3 is 6.18 Å². The Kier molecular flexibility index (Phi) is 5.73. The van der Waals surface area contributed by atoms with Crippen LogP contribution in [0.1, 0.15) is 36.3 Å². The molecule has 2 unspecified atom stereocenters. The van der Waals surface area contributed by atoms with Crippen molar-refractivity contribution in [3.63, 3.8) is 0 Å². The van der Waals surface area contributed by atoms with Crippen LogP contribution in [0.5, 0.6) is 0 Å². The van der Waals surface area contributed by atoms with E-state index < -0.39 is 29.6 Å². The van der Waals surface area contributed by atoms with Gasteiger partial charge in [0.2, 0.25) is 0 Å². The van der Waals surface area contributed by atoms with E-state index in [1.807, 2.05) is 12.1 Å². The molecule has 8 heteroatoms. The second-order valence-electron chi connectivity index (χ2n) is 7.72. The highest BCUT2D eigenvalue weighted by Crippen LogP contribution is 2.47. The molecule has 0 bridgehead atoms. The Balaban J connectivity index is 1.85. The van der Waals surface area contributed by atoms with Gasteiger partial charge in [0, 0.05) is 40.3 Å². The van der Waals surface area contributed by atoms with E-state index in [0.717, 1.165) is 34.0 Å². The number of hydrogen-bond acceptors (Lipinski definition) is 4. The number of aryl methyl sites for hydroxylation is 1. The normalized spacial score (nSPS) is 16.6. The van der Waals surface area contributed by atoms with Crippen molar-refractivity contribution in [2.45, 2.75) is 51.1 Å². The fraction of sp³-hybridized carbons (Fsp3) is 0.381. The maximum Gasteiger partial charge on any atom is 0.398 e. The van der Waals surface area contributed by atoms with Gasteiger partial charge in [-0.05, 0) is 56.2 Å². The Hall–Kier alpha value is -2.03. The molecule has 0 fully saturated rings. The number of fused-ring (bicyclic) bond motifs is 1. The molecule has 0 aliphatic carbocycles. The van der Waals surface area contributed by atoms with Gasteiger partial charge in [-0.2, -0.15) is 13.2 Å². The van der Waals surface area contributed by atoms with Gasteiger partial charge in [0.1, 0.15) is 11.5 Å². The van der Waals surface area contributed by atoms with E-state index in [4.69, 9.17) is 0 Å². The molecule has 2 atom stereocenters. The number of aromatic nitrogens is 1. The number of nitrogens with zero attached hydrogens (tertiary/aromatic N) is 1. The van der Waals surface area contributed by atoms with Crippen LogP contribution in [-0.2, 0) is 12.0 Å². The highest BCUT2D eigenvalue weighted by atomic mass is 32.1. The highest BCUT2D eigenvalue weighted by Gasteiger charge is 2.55. The predicted molar refractivity (Wildman–Crippen MR) is 106 cm³/mol.